The van der Waals surface area contributed by atoms with Gasteiger partial charge >= 0.3 is 0 Å². The fourth-order valence-electron chi connectivity index (χ4n) is 3.33. The summed E-state index contributed by atoms with van der Waals surface area (Å²) in [5.74, 6) is 0.556. The van der Waals surface area contributed by atoms with Gasteiger partial charge < -0.3 is 15.0 Å². The SMILES string of the molecule is O=C(Nc1cccnc1N1CCOCC1)C1CCN(CC(F)F)CC1. The predicted molar refractivity (Wildman–Crippen MR) is 91.1 cm³/mol. The maximum atomic E-state index is 12.6. The van der Waals surface area contributed by atoms with Gasteiger partial charge in [-0.15, -0.1) is 0 Å². The molecule has 2 aliphatic heterocycles. The van der Waals surface area contributed by atoms with Crippen LogP contribution in [0.5, 0.6) is 0 Å². The second-order valence-electron chi connectivity index (χ2n) is 6.43. The highest BCUT2D eigenvalue weighted by Crippen LogP contribution is 2.26. The average molecular weight is 354 g/mol. The highest BCUT2D eigenvalue weighted by Gasteiger charge is 2.27. The number of anilines is 2. The summed E-state index contributed by atoms with van der Waals surface area (Å²) in [6.07, 6.45) is 0.595. The minimum absolute atomic E-state index is 0.0563. The molecule has 0 unspecified atom stereocenters. The zero-order valence-electron chi connectivity index (χ0n) is 14.2. The smallest absolute Gasteiger partial charge is 0.251 e. The first kappa shape index (κ1) is 18.0. The zero-order chi connectivity index (χ0) is 17.6. The third kappa shape index (κ3) is 4.85. The van der Waals surface area contributed by atoms with Gasteiger partial charge in [0.2, 0.25) is 5.91 Å². The summed E-state index contributed by atoms with van der Waals surface area (Å²) >= 11 is 0. The van der Waals surface area contributed by atoms with Crippen LogP contribution in [0, 0.1) is 5.92 Å². The molecule has 0 saturated carbocycles. The van der Waals surface area contributed by atoms with Gasteiger partial charge in [0.1, 0.15) is 0 Å². The molecule has 138 valence electrons. The minimum Gasteiger partial charge on any atom is -0.378 e. The maximum absolute atomic E-state index is 12.6. The number of likely N-dealkylation sites (tertiary alicyclic amines) is 1. The van der Waals surface area contributed by atoms with Crippen molar-refractivity contribution in [3.63, 3.8) is 0 Å². The first-order valence-electron chi connectivity index (χ1n) is 8.72. The van der Waals surface area contributed by atoms with Gasteiger partial charge in [-0.3, -0.25) is 9.69 Å². The Kier molecular flexibility index (Phi) is 6.14. The lowest BCUT2D eigenvalue weighted by Crippen LogP contribution is -2.40. The van der Waals surface area contributed by atoms with E-state index in [0.29, 0.717) is 44.8 Å². The lowest BCUT2D eigenvalue weighted by molar-refractivity contribution is -0.121. The van der Waals surface area contributed by atoms with E-state index in [4.69, 9.17) is 4.74 Å². The van der Waals surface area contributed by atoms with Gasteiger partial charge in [-0.1, -0.05) is 0 Å². The Morgan fingerprint density at radius 3 is 2.68 bits per heavy atom. The Morgan fingerprint density at radius 1 is 1.28 bits per heavy atom. The molecule has 0 bridgehead atoms. The van der Waals surface area contributed by atoms with Crippen LogP contribution in [0.1, 0.15) is 12.8 Å². The summed E-state index contributed by atoms with van der Waals surface area (Å²) in [7, 11) is 0. The number of nitrogens with one attached hydrogen (secondary N) is 1. The normalized spacial score (nSPS) is 20.0. The number of alkyl halides is 2. The fraction of sp³-hybridized carbons (Fsp3) is 0.647. The van der Waals surface area contributed by atoms with Crippen molar-refractivity contribution in [3.8, 4) is 0 Å². The van der Waals surface area contributed by atoms with E-state index in [1.165, 1.54) is 0 Å². The Balaban J connectivity index is 1.58. The Morgan fingerprint density at radius 2 is 2.00 bits per heavy atom. The summed E-state index contributed by atoms with van der Waals surface area (Å²) in [4.78, 5) is 20.8. The average Bonchev–Trinajstić information content (AvgIpc) is 2.63. The molecule has 1 N–H and O–H groups in total. The van der Waals surface area contributed by atoms with Crippen molar-refractivity contribution >= 4 is 17.4 Å². The van der Waals surface area contributed by atoms with E-state index in [-0.39, 0.29) is 18.4 Å². The van der Waals surface area contributed by atoms with Crippen molar-refractivity contribution in [1.29, 1.82) is 0 Å². The number of piperidine rings is 1. The van der Waals surface area contributed by atoms with Crippen LogP contribution in [0.2, 0.25) is 0 Å². The van der Waals surface area contributed by atoms with Crippen molar-refractivity contribution in [2.75, 3.05) is 56.2 Å². The molecule has 2 aliphatic rings. The molecule has 0 aliphatic carbocycles. The highest BCUT2D eigenvalue weighted by molar-refractivity contribution is 5.95. The number of carbonyl (C=O) groups is 1. The van der Waals surface area contributed by atoms with Crippen LogP contribution in [0.15, 0.2) is 18.3 Å². The molecule has 0 spiro atoms. The monoisotopic (exact) mass is 354 g/mol. The third-order valence-electron chi connectivity index (χ3n) is 4.71. The molecular formula is C17H24F2N4O2. The van der Waals surface area contributed by atoms with Gasteiger partial charge in [0.15, 0.2) is 5.82 Å². The molecule has 6 nitrogen and oxygen atoms in total. The van der Waals surface area contributed by atoms with Crippen LogP contribution in [-0.4, -0.2) is 68.2 Å². The largest absolute Gasteiger partial charge is 0.378 e. The molecule has 1 aromatic heterocycles. The number of hydrogen-bond acceptors (Lipinski definition) is 5. The quantitative estimate of drug-likeness (QED) is 0.874. The Hall–Kier alpha value is -1.80. The van der Waals surface area contributed by atoms with Crippen molar-refractivity contribution in [3.05, 3.63) is 18.3 Å². The molecule has 3 heterocycles. The highest BCUT2D eigenvalue weighted by atomic mass is 19.3. The molecular weight excluding hydrogens is 330 g/mol. The molecule has 2 fully saturated rings. The third-order valence-corrected chi connectivity index (χ3v) is 4.71. The maximum Gasteiger partial charge on any atom is 0.251 e. The van der Waals surface area contributed by atoms with E-state index in [9.17, 15) is 13.6 Å². The molecule has 0 atom stereocenters. The molecule has 2 saturated heterocycles. The first-order valence-corrected chi connectivity index (χ1v) is 8.72. The number of rotatable bonds is 5. The number of aromatic nitrogens is 1. The molecule has 8 heteroatoms. The van der Waals surface area contributed by atoms with Crippen LogP contribution in [0.3, 0.4) is 0 Å². The number of nitrogens with zero attached hydrogens (tertiary/aromatic N) is 3. The van der Waals surface area contributed by atoms with Gasteiger partial charge in [-0.25, -0.2) is 13.8 Å². The molecule has 0 radical (unpaired) electrons. The van der Waals surface area contributed by atoms with Gasteiger partial charge in [-0.2, -0.15) is 0 Å². The van der Waals surface area contributed by atoms with E-state index in [1.807, 2.05) is 6.07 Å². The van der Waals surface area contributed by atoms with Gasteiger partial charge in [-0.05, 0) is 38.1 Å². The van der Waals surface area contributed by atoms with E-state index in [1.54, 1.807) is 17.2 Å². The van der Waals surface area contributed by atoms with E-state index >= 15 is 0 Å². The van der Waals surface area contributed by atoms with Crippen LogP contribution in [0.4, 0.5) is 20.3 Å². The second kappa shape index (κ2) is 8.53. The lowest BCUT2D eigenvalue weighted by atomic mass is 9.96. The number of amides is 1. The number of pyridine rings is 1. The van der Waals surface area contributed by atoms with Crippen LogP contribution >= 0.6 is 0 Å². The zero-order valence-corrected chi connectivity index (χ0v) is 14.2. The molecule has 3 rings (SSSR count). The van der Waals surface area contributed by atoms with Crippen molar-refractivity contribution in [2.24, 2.45) is 5.92 Å². The topological polar surface area (TPSA) is 57.7 Å². The molecule has 0 aromatic carbocycles. The van der Waals surface area contributed by atoms with Crippen LogP contribution < -0.4 is 10.2 Å². The summed E-state index contributed by atoms with van der Waals surface area (Å²) in [6, 6.07) is 3.65. The Labute approximate surface area is 146 Å². The van der Waals surface area contributed by atoms with Crippen molar-refractivity contribution < 1.29 is 18.3 Å². The molecule has 1 amide bonds. The number of morpholine rings is 1. The summed E-state index contributed by atoms with van der Waals surface area (Å²) in [6.45, 7) is 3.63. The van der Waals surface area contributed by atoms with Crippen molar-refractivity contribution in [2.45, 2.75) is 19.3 Å². The molecule has 1 aromatic rings. The first-order chi connectivity index (χ1) is 12.1. The molecule has 25 heavy (non-hydrogen) atoms. The van der Waals surface area contributed by atoms with Gasteiger partial charge in [0, 0.05) is 25.2 Å². The Bertz CT molecular complexity index is 574. The number of halogens is 2. The number of ether oxygens (including phenoxy) is 1. The predicted octanol–water partition coefficient (Wildman–Crippen LogP) is 1.83. The minimum atomic E-state index is -2.32. The summed E-state index contributed by atoms with van der Waals surface area (Å²) < 4.78 is 30.2. The van der Waals surface area contributed by atoms with Gasteiger partial charge in [0.25, 0.3) is 6.43 Å². The van der Waals surface area contributed by atoms with E-state index in [2.05, 4.69) is 15.2 Å². The number of hydrogen-bond donors (Lipinski definition) is 1. The van der Waals surface area contributed by atoms with E-state index < -0.39 is 6.43 Å². The van der Waals surface area contributed by atoms with Crippen LogP contribution in [0.25, 0.3) is 0 Å². The summed E-state index contributed by atoms with van der Waals surface area (Å²) in [5.41, 5.74) is 0.699. The standard InChI is InChI=1S/C17H24F2N4O2/c18-15(19)12-22-6-3-13(4-7-22)17(24)21-14-2-1-5-20-16(14)23-8-10-25-11-9-23/h1-2,5,13,15H,3-4,6-12H2,(H,21,24). The fourth-order valence-corrected chi connectivity index (χ4v) is 3.33. The van der Waals surface area contributed by atoms with E-state index in [0.717, 1.165) is 18.9 Å². The summed E-state index contributed by atoms with van der Waals surface area (Å²) in [5, 5.41) is 2.98. The van der Waals surface area contributed by atoms with Gasteiger partial charge in [0.05, 0.1) is 25.4 Å². The van der Waals surface area contributed by atoms with Crippen LogP contribution in [-0.2, 0) is 9.53 Å². The lowest BCUT2D eigenvalue weighted by Gasteiger charge is -2.32. The van der Waals surface area contributed by atoms with Crippen molar-refractivity contribution in [1.82, 2.24) is 9.88 Å². The second-order valence-corrected chi connectivity index (χ2v) is 6.43. The number of carbonyl (C=O) groups excluding carboxylic acids is 1.